The summed E-state index contributed by atoms with van der Waals surface area (Å²) in [6.45, 7) is 5.56. The summed E-state index contributed by atoms with van der Waals surface area (Å²) in [5, 5.41) is 0.248. The van der Waals surface area contributed by atoms with Crippen molar-refractivity contribution < 1.29 is 19.1 Å². The molecule has 1 rings (SSSR count). The van der Waals surface area contributed by atoms with Crippen LogP contribution in [0.15, 0.2) is 11.1 Å². The smallest absolute Gasteiger partial charge is 0.302 e. The van der Waals surface area contributed by atoms with E-state index in [1.807, 2.05) is 6.92 Å². The number of imide groups is 1. The SMILES string of the molecule is CCC1=C(C)C(=O)N(CCCCCCC(CBr)OC(C)=O)C(=O)CC1Cl. The van der Waals surface area contributed by atoms with Crippen LogP contribution in [0.25, 0.3) is 0 Å². The third kappa shape index (κ3) is 7.03. The van der Waals surface area contributed by atoms with Crippen molar-refractivity contribution in [2.45, 2.75) is 77.2 Å². The van der Waals surface area contributed by atoms with Crippen LogP contribution < -0.4 is 0 Å². The molecular formula is C19H29BrClNO4. The molecule has 0 saturated carbocycles. The minimum atomic E-state index is -0.385. The van der Waals surface area contributed by atoms with E-state index in [0.717, 1.165) is 37.7 Å². The number of nitrogens with zero attached hydrogens (tertiary/aromatic N) is 1. The normalized spacial score (nSPS) is 19.6. The number of ether oxygens (including phenoxy) is 1. The van der Waals surface area contributed by atoms with Gasteiger partial charge in [-0.2, -0.15) is 0 Å². The van der Waals surface area contributed by atoms with E-state index in [-0.39, 0.29) is 35.7 Å². The average molecular weight is 451 g/mol. The van der Waals surface area contributed by atoms with Crippen molar-refractivity contribution in [3.05, 3.63) is 11.1 Å². The van der Waals surface area contributed by atoms with Gasteiger partial charge in [-0.25, -0.2) is 0 Å². The first-order chi connectivity index (χ1) is 12.3. The van der Waals surface area contributed by atoms with Gasteiger partial charge in [-0.3, -0.25) is 19.3 Å². The minimum absolute atomic E-state index is 0.0952. The van der Waals surface area contributed by atoms with E-state index in [2.05, 4.69) is 15.9 Å². The summed E-state index contributed by atoms with van der Waals surface area (Å²) in [6.07, 6.45) is 5.17. The lowest BCUT2D eigenvalue weighted by atomic mass is 10.0. The van der Waals surface area contributed by atoms with Gasteiger partial charge in [0.05, 0.1) is 5.38 Å². The summed E-state index contributed by atoms with van der Waals surface area (Å²) in [6, 6.07) is 0. The molecule has 0 aromatic rings. The Labute approximate surface area is 169 Å². The van der Waals surface area contributed by atoms with E-state index in [4.69, 9.17) is 16.3 Å². The average Bonchev–Trinajstić information content (AvgIpc) is 2.65. The third-order valence-electron chi connectivity index (χ3n) is 4.62. The predicted molar refractivity (Wildman–Crippen MR) is 106 cm³/mol. The summed E-state index contributed by atoms with van der Waals surface area (Å²) in [7, 11) is 0. The fourth-order valence-electron chi connectivity index (χ4n) is 3.19. The highest BCUT2D eigenvalue weighted by molar-refractivity contribution is 9.09. The molecule has 7 heteroatoms. The second-order valence-corrected chi connectivity index (χ2v) is 7.79. The first-order valence-electron chi connectivity index (χ1n) is 9.23. The van der Waals surface area contributed by atoms with Crippen molar-refractivity contribution in [3.63, 3.8) is 0 Å². The number of amides is 2. The maximum atomic E-state index is 12.6. The lowest BCUT2D eigenvalue weighted by Gasteiger charge is -2.19. The molecule has 0 saturated heterocycles. The van der Waals surface area contributed by atoms with E-state index < -0.39 is 0 Å². The molecule has 1 heterocycles. The number of esters is 1. The fourth-order valence-corrected chi connectivity index (χ4v) is 4.09. The van der Waals surface area contributed by atoms with Gasteiger partial charge >= 0.3 is 5.97 Å². The molecule has 5 nitrogen and oxygen atoms in total. The summed E-state index contributed by atoms with van der Waals surface area (Å²) in [5.74, 6) is -0.656. The Morgan fingerprint density at radius 1 is 1.31 bits per heavy atom. The van der Waals surface area contributed by atoms with Crippen LogP contribution in [0.2, 0.25) is 0 Å². The molecule has 0 N–H and O–H groups in total. The Balaban J connectivity index is 2.42. The van der Waals surface area contributed by atoms with Crippen LogP contribution in [-0.2, 0) is 19.1 Å². The van der Waals surface area contributed by atoms with Gasteiger partial charge in [0.25, 0.3) is 5.91 Å². The molecule has 0 fully saturated rings. The van der Waals surface area contributed by atoms with E-state index in [1.54, 1.807) is 6.92 Å². The fraction of sp³-hybridized carbons (Fsp3) is 0.737. The molecule has 0 radical (unpaired) electrons. The van der Waals surface area contributed by atoms with Gasteiger partial charge in [0.1, 0.15) is 6.10 Å². The number of halogens is 2. The number of rotatable bonds is 10. The number of hydrogen-bond donors (Lipinski definition) is 0. The topological polar surface area (TPSA) is 63.7 Å². The van der Waals surface area contributed by atoms with Crippen molar-refractivity contribution in [1.29, 1.82) is 0 Å². The third-order valence-corrected chi connectivity index (χ3v) is 5.76. The van der Waals surface area contributed by atoms with Gasteiger partial charge in [0, 0.05) is 30.8 Å². The number of carbonyl (C=O) groups excluding carboxylic acids is 3. The largest absolute Gasteiger partial charge is 0.462 e. The first kappa shape index (κ1) is 23.2. The number of hydrogen-bond acceptors (Lipinski definition) is 4. The van der Waals surface area contributed by atoms with Crippen molar-refractivity contribution in [3.8, 4) is 0 Å². The zero-order chi connectivity index (χ0) is 19.7. The molecule has 0 aliphatic carbocycles. The Bertz CT molecular complexity index is 550. The lowest BCUT2D eigenvalue weighted by Crippen LogP contribution is -2.37. The molecular weight excluding hydrogens is 422 g/mol. The second-order valence-electron chi connectivity index (χ2n) is 6.61. The highest BCUT2D eigenvalue weighted by Crippen LogP contribution is 2.27. The van der Waals surface area contributed by atoms with E-state index in [0.29, 0.717) is 23.9 Å². The van der Waals surface area contributed by atoms with Crippen molar-refractivity contribution in [2.75, 3.05) is 11.9 Å². The number of unbranched alkanes of at least 4 members (excludes halogenated alkanes) is 3. The number of alkyl halides is 2. The van der Waals surface area contributed by atoms with Gasteiger partial charge in [0.2, 0.25) is 5.91 Å². The van der Waals surface area contributed by atoms with Crippen LogP contribution in [-0.4, -0.2) is 46.0 Å². The predicted octanol–water partition coefficient (Wildman–Crippen LogP) is 4.36. The molecule has 0 aromatic heterocycles. The Kier molecular flexibility index (Phi) is 10.5. The van der Waals surface area contributed by atoms with Gasteiger partial charge in [-0.1, -0.05) is 35.7 Å². The molecule has 2 atom stereocenters. The standard InChI is InChI=1S/C19H29BrClNO4/c1-4-16-13(2)19(25)22(18(24)11-17(16)21)10-8-6-5-7-9-15(12-20)26-14(3)23/h15,17H,4-12H2,1-3H3. The van der Waals surface area contributed by atoms with Crippen molar-refractivity contribution in [2.24, 2.45) is 0 Å². The van der Waals surface area contributed by atoms with Crippen LogP contribution in [0.4, 0.5) is 0 Å². The van der Waals surface area contributed by atoms with Gasteiger partial charge in [0.15, 0.2) is 0 Å². The van der Waals surface area contributed by atoms with Crippen LogP contribution >= 0.6 is 27.5 Å². The van der Waals surface area contributed by atoms with E-state index >= 15 is 0 Å². The molecule has 0 bridgehead atoms. The molecule has 2 amide bonds. The summed E-state index contributed by atoms with van der Waals surface area (Å²) < 4.78 is 5.18. The first-order valence-corrected chi connectivity index (χ1v) is 10.8. The minimum Gasteiger partial charge on any atom is -0.462 e. The van der Waals surface area contributed by atoms with Crippen LogP contribution in [0.3, 0.4) is 0 Å². The van der Waals surface area contributed by atoms with E-state index in [1.165, 1.54) is 11.8 Å². The second kappa shape index (κ2) is 11.8. The maximum absolute atomic E-state index is 12.6. The zero-order valence-electron chi connectivity index (χ0n) is 15.9. The summed E-state index contributed by atoms with van der Waals surface area (Å²) in [5.41, 5.74) is 1.48. The van der Waals surface area contributed by atoms with Crippen LogP contribution in [0, 0.1) is 0 Å². The highest BCUT2D eigenvalue weighted by atomic mass is 79.9. The molecule has 1 aliphatic rings. The number of allylic oxidation sites excluding steroid dienone is 1. The lowest BCUT2D eigenvalue weighted by molar-refractivity contribution is -0.145. The molecule has 0 spiro atoms. The molecule has 26 heavy (non-hydrogen) atoms. The summed E-state index contributed by atoms with van der Waals surface area (Å²) >= 11 is 9.64. The maximum Gasteiger partial charge on any atom is 0.302 e. The van der Waals surface area contributed by atoms with Gasteiger partial charge in [-0.05, 0) is 38.2 Å². The zero-order valence-corrected chi connectivity index (χ0v) is 18.2. The quantitative estimate of drug-likeness (QED) is 0.215. The Hall–Kier alpha value is -0.880. The van der Waals surface area contributed by atoms with Gasteiger partial charge < -0.3 is 4.74 Å². The molecule has 1 aliphatic heterocycles. The van der Waals surface area contributed by atoms with Crippen molar-refractivity contribution >= 4 is 45.3 Å². The number of carbonyl (C=O) groups is 3. The van der Waals surface area contributed by atoms with Crippen LogP contribution in [0.1, 0.15) is 65.7 Å². The molecule has 2 unspecified atom stereocenters. The monoisotopic (exact) mass is 449 g/mol. The Morgan fingerprint density at radius 2 is 1.96 bits per heavy atom. The highest BCUT2D eigenvalue weighted by Gasteiger charge is 2.31. The van der Waals surface area contributed by atoms with Gasteiger partial charge in [-0.15, -0.1) is 11.6 Å². The van der Waals surface area contributed by atoms with E-state index in [9.17, 15) is 14.4 Å². The molecule has 0 aromatic carbocycles. The summed E-state index contributed by atoms with van der Waals surface area (Å²) in [4.78, 5) is 37.2. The van der Waals surface area contributed by atoms with Crippen LogP contribution in [0.5, 0.6) is 0 Å². The van der Waals surface area contributed by atoms with Crippen molar-refractivity contribution in [1.82, 2.24) is 4.90 Å². The Morgan fingerprint density at radius 3 is 2.54 bits per heavy atom. The molecule has 148 valence electrons.